The van der Waals surface area contributed by atoms with Crippen LogP contribution in [0.5, 0.6) is 0 Å². The zero-order chi connectivity index (χ0) is 14.1. The summed E-state index contributed by atoms with van der Waals surface area (Å²) >= 11 is 0. The van der Waals surface area contributed by atoms with Crippen LogP contribution < -0.4 is 5.32 Å². The van der Waals surface area contributed by atoms with Gasteiger partial charge in [0.15, 0.2) is 0 Å². The Balaban J connectivity index is 1.91. The Labute approximate surface area is 117 Å². The third kappa shape index (κ3) is 2.43. The normalized spacial score (nSPS) is 16.1. The number of benzene rings is 1. The van der Waals surface area contributed by atoms with E-state index < -0.39 is 0 Å². The van der Waals surface area contributed by atoms with Gasteiger partial charge in [-0.3, -0.25) is 10.1 Å². The summed E-state index contributed by atoms with van der Waals surface area (Å²) in [6, 6.07) is 6.99. The van der Waals surface area contributed by atoms with E-state index in [1.54, 1.807) is 12.3 Å². The zero-order valence-corrected chi connectivity index (χ0v) is 11.4. The molecule has 1 aliphatic rings. The van der Waals surface area contributed by atoms with E-state index in [4.69, 9.17) is 0 Å². The van der Waals surface area contributed by atoms with E-state index in [1.165, 1.54) is 18.9 Å². The molecule has 1 aromatic carbocycles. The summed E-state index contributed by atoms with van der Waals surface area (Å²) in [5.41, 5.74) is 1.43. The van der Waals surface area contributed by atoms with Crippen molar-refractivity contribution in [3.8, 4) is 0 Å². The molecule has 0 saturated heterocycles. The van der Waals surface area contributed by atoms with E-state index in [1.807, 2.05) is 12.1 Å². The lowest BCUT2D eigenvalue weighted by atomic mass is 10.1. The Morgan fingerprint density at radius 1 is 1.45 bits per heavy atom. The Hall–Kier alpha value is -2.17. The molecular formula is C15H17N3O2. The molecule has 1 unspecified atom stereocenters. The van der Waals surface area contributed by atoms with Gasteiger partial charge in [-0.25, -0.2) is 4.98 Å². The van der Waals surface area contributed by atoms with Crippen molar-refractivity contribution in [2.24, 2.45) is 11.8 Å². The van der Waals surface area contributed by atoms with Crippen LogP contribution in [-0.4, -0.2) is 16.5 Å². The standard InChI is InChI=1S/C15H17N3O2/c1-10(11-4-5-11)9-17-13-6-7-14(18(19)20)15-12(13)3-2-8-16-15/h2-3,6-8,10-11,17H,4-5,9H2,1H3. The quantitative estimate of drug-likeness (QED) is 0.666. The van der Waals surface area contributed by atoms with Gasteiger partial charge in [0.25, 0.3) is 5.69 Å². The maximum Gasteiger partial charge on any atom is 0.295 e. The minimum absolute atomic E-state index is 0.0568. The Morgan fingerprint density at radius 2 is 2.25 bits per heavy atom. The third-order valence-electron chi connectivity index (χ3n) is 3.99. The molecule has 1 N–H and O–H groups in total. The lowest BCUT2D eigenvalue weighted by Gasteiger charge is -2.14. The number of nitro benzene ring substituents is 1. The van der Waals surface area contributed by atoms with Crippen molar-refractivity contribution in [1.29, 1.82) is 0 Å². The van der Waals surface area contributed by atoms with Crippen LogP contribution in [-0.2, 0) is 0 Å². The first-order valence-corrected chi connectivity index (χ1v) is 6.93. The molecule has 0 spiro atoms. The molecule has 0 bridgehead atoms. The summed E-state index contributed by atoms with van der Waals surface area (Å²) in [7, 11) is 0. The number of non-ortho nitro benzene ring substituents is 1. The fourth-order valence-corrected chi connectivity index (χ4v) is 2.56. The number of nitro groups is 1. The van der Waals surface area contributed by atoms with Crippen LogP contribution in [0, 0.1) is 22.0 Å². The summed E-state index contributed by atoms with van der Waals surface area (Å²) in [5, 5.41) is 15.3. The number of nitrogens with zero attached hydrogens (tertiary/aromatic N) is 2. The molecule has 0 radical (unpaired) electrons. The van der Waals surface area contributed by atoms with Gasteiger partial charge >= 0.3 is 0 Å². The van der Waals surface area contributed by atoms with E-state index in [0.29, 0.717) is 11.4 Å². The van der Waals surface area contributed by atoms with Crippen molar-refractivity contribution in [3.63, 3.8) is 0 Å². The van der Waals surface area contributed by atoms with E-state index in [-0.39, 0.29) is 10.6 Å². The molecule has 0 aliphatic heterocycles. The predicted molar refractivity (Wildman–Crippen MR) is 78.8 cm³/mol. The number of hydrogen-bond donors (Lipinski definition) is 1. The summed E-state index contributed by atoms with van der Waals surface area (Å²) in [6.07, 6.45) is 4.24. The van der Waals surface area contributed by atoms with Crippen LogP contribution in [0.4, 0.5) is 11.4 Å². The van der Waals surface area contributed by atoms with Gasteiger partial charge in [0.1, 0.15) is 5.52 Å². The predicted octanol–water partition coefficient (Wildman–Crippen LogP) is 3.60. The molecule has 1 aromatic heterocycles. The lowest BCUT2D eigenvalue weighted by molar-refractivity contribution is -0.383. The van der Waals surface area contributed by atoms with Crippen molar-refractivity contribution in [1.82, 2.24) is 4.98 Å². The number of fused-ring (bicyclic) bond motifs is 1. The summed E-state index contributed by atoms with van der Waals surface area (Å²) < 4.78 is 0. The second-order valence-electron chi connectivity index (χ2n) is 5.48. The molecule has 3 rings (SSSR count). The van der Waals surface area contributed by atoms with Gasteiger partial charge in [-0.05, 0) is 42.9 Å². The Bertz CT molecular complexity index is 653. The highest BCUT2D eigenvalue weighted by Gasteiger charge is 2.27. The van der Waals surface area contributed by atoms with Crippen molar-refractivity contribution in [2.75, 3.05) is 11.9 Å². The van der Waals surface area contributed by atoms with Crippen molar-refractivity contribution < 1.29 is 4.92 Å². The van der Waals surface area contributed by atoms with Gasteiger partial charge in [-0.2, -0.15) is 0 Å². The monoisotopic (exact) mass is 271 g/mol. The topological polar surface area (TPSA) is 68.1 Å². The smallest absolute Gasteiger partial charge is 0.295 e. The maximum absolute atomic E-state index is 11.0. The molecule has 1 aliphatic carbocycles. The van der Waals surface area contributed by atoms with E-state index in [2.05, 4.69) is 17.2 Å². The summed E-state index contributed by atoms with van der Waals surface area (Å²) in [6.45, 7) is 3.14. The second kappa shape index (κ2) is 5.07. The Morgan fingerprint density at radius 3 is 2.95 bits per heavy atom. The molecule has 0 amide bonds. The zero-order valence-electron chi connectivity index (χ0n) is 11.4. The summed E-state index contributed by atoms with van der Waals surface area (Å²) in [4.78, 5) is 14.8. The fraction of sp³-hybridized carbons (Fsp3) is 0.400. The lowest BCUT2D eigenvalue weighted by Crippen LogP contribution is -2.13. The van der Waals surface area contributed by atoms with Gasteiger partial charge in [-0.15, -0.1) is 0 Å². The minimum Gasteiger partial charge on any atom is -0.384 e. The second-order valence-corrected chi connectivity index (χ2v) is 5.48. The highest BCUT2D eigenvalue weighted by atomic mass is 16.6. The average molecular weight is 271 g/mol. The van der Waals surface area contributed by atoms with Crippen LogP contribution >= 0.6 is 0 Å². The maximum atomic E-state index is 11.0. The number of rotatable bonds is 5. The van der Waals surface area contributed by atoms with Crippen LogP contribution in [0.25, 0.3) is 10.9 Å². The fourth-order valence-electron chi connectivity index (χ4n) is 2.56. The molecule has 1 atom stereocenters. The van der Waals surface area contributed by atoms with Crippen molar-refractivity contribution >= 4 is 22.3 Å². The van der Waals surface area contributed by atoms with Crippen LogP contribution in [0.3, 0.4) is 0 Å². The molecule has 104 valence electrons. The highest BCUT2D eigenvalue weighted by Crippen LogP contribution is 2.37. The van der Waals surface area contributed by atoms with Gasteiger partial charge in [-0.1, -0.05) is 6.92 Å². The van der Waals surface area contributed by atoms with E-state index >= 15 is 0 Å². The molecule has 5 heteroatoms. The van der Waals surface area contributed by atoms with E-state index in [9.17, 15) is 10.1 Å². The highest BCUT2D eigenvalue weighted by molar-refractivity contribution is 5.96. The minimum atomic E-state index is -0.383. The van der Waals surface area contributed by atoms with Crippen molar-refractivity contribution in [3.05, 3.63) is 40.6 Å². The SMILES string of the molecule is CC(CNc1ccc([N+](=O)[O-])c2ncccc12)C1CC1. The number of hydrogen-bond acceptors (Lipinski definition) is 4. The first-order valence-electron chi connectivity index (χ1n) is 6.93. The van der Waals surface area contributed by atoms with Crippen LogP contribution in [0.2, 0.25) is 0 Å². The van der Waals surface area contributed by atoms with Gasteiger partial charge in [0.2, 0.25) is 0 Å². The number of nitrogens with one attached hydrogen (secondary N) is 1. The molecule has 2 aromatic rings. The molecule has 5 nitrogen and oxygen atoms in total. The third-order valence-corrected chi connectivity index (χ3v) is 3.99. The van der Waals surface area contributed by atoms with Crippen LogP contribution in [0.1, 0.15) is 19.8 Å². The first-order chi connectivity index (χ1) is 9.66. The number of anilines is 1. The molecule has 1 heterocycles. The molecule has 1 saturated carbocycles. The van der Waals surface area contributed by atoms with E-state index in [0.717, 1.165) is 23.5 Å². The summed E-state index contributed by atoms with van der Waals surface area (Å²) in [5.74, 6) is 1.47. The molecule has 1 fully saturated rings. The van der Waals surface area contributed by atoms with Gasteiger partial charge in [0.05, 0.1) is 4.92 Å². The van der Waals surface area contributed by atoms with Crippen molar-refractivity contribution in [2.45, 2.75) is 19.8 Å². The van der Waals surface area contributed by atoms with Gasteiger partial charge in [0, 0.05) is 29.9 Å². The number of aromatic nitrogens is 1. The molecular weight excluding hydrogens is 254 g/mol. The largest absolute Gasteiger partial charge is 0.384 e. The molecule has 20 heavy (non-hydrogen) atoms. The first kappa shape index (κ1) is 12.8. The van der Waals surface area contributed by atoms with Gasteiger partial charge < -0.3 is 5.32 Å². The average Bonchev–Trinajstić information content (AvgIpc) is 3.28. The number of pyridine rings is 1. The van der Waals surface area contributed by atoms with Crippen LogP contribution in [0.15, 0.2) is 30.5 Å². The Kier molecular flexibility index (Phi) is 3.26.